The van der Waals surface area contributed by atoms with Crippen molar-refractivity contribution < 1.29 is 4.79 Å². The summed E-state index contributed by atoms with van der Waals surface area (Å²) in [6.45, 7) is 0.641. The van der Waals surface area contributed by atoms with Crippen LogP contribution in [0.5, 0.6) is 0 Å². The number of fused-ring (bicyclic) bond motifs is 1. The molecule has 0 saturated heterocycles. The molecular formula is C23H17N5O. The van der Waals surface area contributed by atoms with E-state index in [1.54, 1.807) is 12.1 Å². The first kappa shape index (κ1) is 17.1. The Bertz CT molecular complexity index is 1210. The maximum atomic E-state index is 12.5. The molecule has 0 aliphatic carbocycles. The predicted molar refractivity (Wildman–Crippen MR) is 112 cm³/mol. The smallest absolute Gasteiger partial charge is 0.255 e. The molecule has 1 aliphatic rings. The van der Waals surface area contributed by atoms with Crippen LogP contribution in [0, 0.1) is 0 Å². The molecule has 1 aliphatic heterocycles. The average molecular weight is 379 g/mol. The summed E-state index contributed by atoms with van der Waals surface area (Å²) in [5, 5.41) is 9.79. The molecule has 5 rings (SSSR count). The minimum absolute atomic E-state index is 0.135. The van der Waals surface area contributed by atoms with Crippen molar-refractivity contribution in [2.24, 2.45) is 4.99 Å². The first-order valence-electron chi connectivity index (χ1n) is 9.28. The Balaban J connectivity index is 1.44. The second-order valence-corrected chi connectivity index (χ2v) is 6.77. The second kappa shape index (κ2) is 7.16. The fraction of sp³-hybridized carbons (Fsp3) is 0.0435. The highest BCUT2D eigenvalue weighted by Crippen LogP contribution is 2.28. The summed E-state index contributed by atoms with van der Waals surface area (Å²) in [6, 6.07) is 23.1. The summed E-state index contributed by atoms with van der Waals surface area (Å²) in [5.74, 6) is 0.590. The monoisotopic (exact) mass is 379 g/mol. The van der Waals surface area contributed by atoms with Gasteiger partial charge in [0.2, 0.25) is 0 Å². The summed E-state index contributed by atoms with van der Waals surface area (Å²) >= 11 is 0. The normalized spacial score (nSPS) is 12.3. The number of H-pyrrole nitrogens is 1. The standard InChI is InChI=1S/C23H17N5O/c29-23(15-5-2-1-3-6-15)27-19-8-4-7-16(11-19)21-20-12-17(22-25-14-26-28-22)9-10-18(20)13-24-21/h1-12,14H,13H2,(H,27,29)(H,25,26,28). The SMILES string of the molecule is O=C(Nc1cccc(C2=NCc3ccc(-c4ncn[nH]4)cc32)c1)c1ccccc1. The van der Waals surface area contributed by atoms with E-state index in [9.17, 15) is 4.79 Å². The van der Waals surface area contributed by atoms with Crippen LogP contribution in [0.3, 0.4) is 0 Å². The number of rotatable bonds is 4. The lowest BCUT2D eigenvalue weighted by Gasteiger charge is -2.09. The highest BCUT2D eigenvalue weighted by Gasteiger charge is 2.19. The van der Waals surface area contributed by atoms with Gasteiger partial charge in [-0.3, -0.25) is 14.9 Å². The quantitative estimate of drug-likeness (QED) is 0.561. The van der Waals surface area contributed by atoms with Crippen LogP contribution in [0.25, 0.3) is 11.4 Å². The van der Waals surface area contributed by atoms with Gasteiger partial charge < -0.3 is 5.32 Å². The fourth-order valence-corrected chi connectivity index (χ4v) is 3.46. The molecule has 0 saturated carbocycles. The molecule has 2 heterocycles. The number of hydrogen-bond acceptors (Lipinski definition) is 4. The van der Waals surface area contributed by atoms with Crippen LogP contribution in [0.4, 0.5) is 5.69 Å². The molecule has 0 unspecified atom stereocenters. The van der Waals surface area contributed by atoms with Gasteiger partial charge in [0.05, 0.1) is 12.3 Å². The Morgan fingerprint density at radius 1 is 0.931 bits per heavy atom. The van der Waals surface area contributed by atoms with Gasteiger partial charge in [-0.05, 0) is 35.9 Å². The topological polar surface area (TPSA) is 83.0 Å². The number of carbonyl (C=O) groups excluding carboxylic acids is 1. The number of aliphatic imine (C=N–C) groups is 1. The third-order valence-electron chi connectivity index (χ3n) is 4.89. The molecular weight excluding hydrogens is 362 g/mol. The van der Waals surface area contributed by atoms with E-state index in [2.05, 4.69) is 32.6 Å². The van der Waals surface area contributed by atoms with Crippen LogP contribution in [-0.4, -0.2) is 26.8 Å². The molecule has 6 nitrogen and oxygen atoms in total. The second-order valence-electron chi connectivity index (χ2n) is 6.77. The molecule has 140 valence electrons. The van der Waals surface area contributed by atoms with E-state index < -0.39 is 0 Å². The van der Waals surface area contributed by atoms with E-state index in [1.807, 2.05) is 48.5 Å². The van der Waals surface area contributed by atoms with Crippen molar-refractivity contribution in [3.8, 4) is 11.4 Å². The van der Waals surface area contributed by atoms with Gasteiger partial charge in [-0.2, -0.15) is 5.10 Å². The lowest BCUT2D eigenvalue weighted by atomic mass is 9.97. The largest absolute Gasteiger partial charge is 0.322 e. The molecule has 6 heteroatoms. The Hall–Kier alpha value is -4.06. The highest BCUT2D eigenvalue weighted by molar-refractivity contribution is 6.16. The van der Waals surface area contributed by atoms with Crippen LogP contribution in [0.2, 0.25) is 0 Å². The number of nitrogens with zero attached hydrogens (tertiary/aromatic N) is 3. The van der Waals surface area contributed by atoms with Crippen molar-refractivity contribution in [3.05, 3.63) is 101 Å². The number of anilines is 1. The fourth-order valence-electron chi connectivity index (χ4n) is 3.46. The summed E-state index contributed by atoms with van der Waals surface area (Å²) in [5.41, 5.74) is 6.44. The summed E-state index contributed by atoms with van der Waals surface area (Å²) in [6.07, 6.45) is 1.50. The Labute approximate surface area is 167 Å². The van der Waals surface area contributed by atoms with Gasteiger partial charge in [-0.25, -0.2) is 4.98 Å². The van der Waals surface area contributed by atoms with Crippen molar-refractivity contribution in [1.82, 2.24) is 15.2 Å². The zero-order valence-corrected chi connectivity index (χ0v) is 15.5. The van der Waals surface area contributed by atoms with Crippen LogP contribution in [0.15, 0.2) is 84.1 Å². The van der Waals surface area contributed by atoms with Crippen molar-refractivity contribution in [3.63, 3.8) is 0 Å². The lowest BCUT2D eigenvalue weighted by Crippen LogP contribution is -2.12. The molecule has 0 fully saturated rings. The first-order valence-corrected chi connectivity index (χ1v) is 9.28. The van der Waals surface area contributed by atoms with Crippen LogP contribution in [0.1, 0.15) is 27.0 Å². The predicted octanol–water partition coefficient (Wildman–Crippen LogP) is 4.08. The number of aromatic amines is 1. The number of benzene rings is 3. The Morgan fingerprint density at radius 2 is 1.83 bits per heavy atom. The molecule has 0 bridgehead atoms. The van der Waals surface area contributed by atoms with Gasteiger partial charge >= 0.3 is 0 Å². The number of amides is 1. The third-order valence-corrected chi connectivity index (χ3v) is 4.89. The molecule has 1 amide bonds. The van der Waals surface area contributed by atoms with Gasteiger partial charge in [0, 0.05) is 27.9 Å². The number of aromatic nitrogens is 3. The van der Waals surface area contributed by atoms with Crippen LogP contribution >= 0.6 is 0 Å². The Kier molecular flexibility index (Phi) is 4.22. The van der Waals surface area contributed by atoms with Crippen molar-refractivity contribution in [1.29, 1.82) is 0 Å². The molecule has 4 aromatic rings. The summed E-state index contributed by atoms with van der Waals surface area (Å²) in [7, 11) is 0. The van der Waals surface area contributed by atoms with E-state index >= 15 is 0 Å². The van der Waals surface area contributed by atoms with E-state index in [0.717, 1.165) is 33.9 Å². The van der Waals surface area contributed by atoms with Crippen molar-refractivity contribution >= 4 is 17.3 Å². The average Bonchev–Trinajstić information content (AvgIpc) is 3.44. The molecule has 0 spiro atoms. The first-order chi connectivity index (χ1) is 14.3. The molecule has 1 aromatic heterocycles. The van der Waals surface area contributed by atoms with Gasteiger partial charge in [0.15, 0.2) is 5.82 Å². The van der Waals surface area contributed by atoms with Crippen LogP contribution < -0.4 is 5.32 Å². The maximum Gasteiger partial charge on any atom is 0.255 e. The van der Waals surface area contributed by atoms with E-state index in [-0.39, 0.29) is 5.91 Å². The number of carbonyl (C=O) groups is 1. The van der Waals surface area contributed by atoms with Crippen LogP contribution in [-0.2, 0) is 6.54 Å². The third kappa shape index (κ3) is 3.32. The molecule has 29 heavy (non-hydrogen) atoms. The molecule has 3 aromatic carbocycles. The summed E-state index contributed by atoms with van der Waals surface area (Å²) < 4.78 is 0. The van der Waals surface area contributed by atoms with Gasteiger partial charge in [-0.15, -0.1) is 0 Å². The van der Waals surface area contributed by atoms with Gasteiger partial charge in [-0.1, -0.05) is 42.5 Å². The van der Waals surface area contributed by atoms with Crippen molar-refractivity contribution in [2.75, 3.05) is 5.32 Å². The van der Waals surface area contributed by atoms with Crippen molar-refractivity contribution in [2.45, 2.75) is 6.54 Å². The van der Waals surface area contributed by atoms with Gasteiger partial charge in [0.1, 0.15) is 6.33 Å². The minimum atomic E-state index is -0.135. The lowest BCUT2D eigenvalue weighted by molar-refractivity contribution is 0.102. The molecule has 0 radical (unpaired) electrons. The molecule has 0 atom stereocenters. The zero-order chi connectivity index (χ0) is 19.6. The van der Waals surface area contributed by atoms with E-state index in [1.165, 1.54) is 11.9 Å². The number of hydrogen-bond donors (Lipinski definition) is 2. The highest BCUT2D eigenvalue weighted by atomic mass is 16.1. The Morgan fingerprint density at radius 3 is 2.66 bits per heavy atom. The zero-order valence-electron chi connectivity index (χ0n) is 15.5. The number of nitrogens with one attached hydrogen (secondary N) is 2. The maximum absolute atomic E-state index is 12.5. The summed E-state index contributed by atoms with van der Waals surface area (Å²) in [4.78, 5) is 21.4. The van der Waals surface area contributed by atoms with Gasteiger partial charge in [0.25, 0.3) is 5.91 Å². The minimum Gasteiger partial charge on any atom is -0.322 e. The van der Waals surface area contributed by atoms with E-state index in [4.69, 9.17) is 4.99 Å². The van der Waals surface area contributed by atoms with E-state index in [0.29, 0.717) is 12.1 Å². The molecule has 2 N–H and O–H groups in total.